The van der Waals surface area contributed by atoms with Crippen molar-refractivity contribution < 1.29 is 4.65 Å². The number of hydrogen-bond acceptors (Lipinski definition) is 2. The highest BCUT2D eigenvalue weighted by molar-refractivity contribution is 6.65. The molecule has 2 heterocycles. The van der Waals surface area contributed by atoms with Crippen LogP contribution in [0.4, 0.5) is 0 Å². The molecule has 0 bridgehead atoms. The van der Waals surface area contributed by atoms with E-state index >= 15 is 0 Å². The van der Waals surface area contributed by atoms with E-state index in [1.165, 1.54) is 23.9 Å². The van der Waals surface area contributed by atoms with Gasteiger partial charge in [0.2, 0.25) is 0 Å². The maximum Gasteiger partial charge on any atom is 0.419 e. The van der Waals surface area contributed by atoms with Gasteiger partial charge in [-0.15, -0.1) is 0 Å². The summed E-state index contributed by atoms with van der Waals surface area (Å²) in [7, 11) is 0.119. The molecule has 0 spiro atoms. The van der Waals surface area contributed by atoms with Crippen LogP contribution in [0.3, 0.4) is 0 Å². The first-order chi connectivity index (χ1) is 9.93. The van der Waals surface area contributed by atoms with Crippen molar-refractivity contribution in [2.24, 2.45) is 0 Å². The average molecular weight is 263 g/mol. The Bertz CT molecular complexity index is 523. The Labute approximate surface area is 120 Å². The summed E-state index contributed by atoms with van der Waals surface area (Å²) in [6, 6.07) is 21.8. The molecular weight excluding hydrogens is 245 g/mol. The summed E-state index contributed by atoms with van der Waals surface area (Å²) >= 11 is 0. The fourth-order valence-electron chi connectivity index (χ4n) is 3.57. The first-order valence-corrected chi connectivity index (χ1v) is 7.44. The molecule has 2 aromatic carbocycles. The topological polar surface area (TPSA) is 12.5 Å². The van der Waals surface area contributed by atoms with Crippen LogP contribution >= 0.6 is 0 Å². The maximum atomic E-state index is 6.43. The summed E-state index contributed by atoms with van der Waals surface area (Å²) in [6.07, 6.45) is 2.73. The zero-order valence-corrected chi connectivity index (χ0v) is 11.5. The third-order valence-electron chi connectivity index (χ3n) is 4.48. The number of rotatable bonds is 2. The van der Waals surface area contributed by atoms with Gasteiger partial charge in [-0.25, -0.2) is 0 Å². The number of hydrogen-bond donors (Lipinski definition) is 0. The molecule has 20 heavy (non-hydrogen) atoms. The number of benzene rings is 2. The summed E-state index contributed by atoms with van der Waals surface area (Å²) in [5.74, 6) is 0. The standard InChI is InChI=1S/C17H18BNO/c1-3-8-14(9-4-1)17-16-12-7-13-19(16)18(20-17)15-10-5-2-6-11-15/h1-6,8-11,16-17H,7,12-13H2/t16-,17?/m1/s1. The molecule has 1 unspecified atom stereocenters. The van der Waals surface area contributed by atoms with Crippen LogP contribution < -0.4 is 5.46 Å². The molecule has 0 aromatic heterocycles. The van der Waals surface area contributed by atoms with E-state index in [0.29, 0.717) is 6.04 Å². The minimum atomic E-state index is 0.119. The Kier molecular flexibility index (Phi) is 3.09. The second-order valence-electron chi connectivity index (χ2n) is 5.68. The molecule has 2 aliphatic rings. The third kappa shape index (κ3) is 1.98. The van der Waals surface area contributed by atoms with Crippen molar-refractivity contribution >= 4 is 12.5 Å². The molecular formula is C17H18BNO. The fraction of sp³-hybridized carbons (Fsp3) is 0.294. The molecule has 2 saturated heterocycles. The van der Waals surface area contributed by atoms with E-state index in [0.717, 1.165) is 6.54 Å². The van der Waals surface area contributed by atoms with Gasteiger partial charge in [-0.3, -0.25) is 0 Å². The fourth-order valence-corrected chi connectivity index (χ4v) is 3.57. The van der Waals surface area contributed by atoms with Crippen molar-refractivity contribution in [1.82, 2.24) is 4.81 Å². The van der Waals surface area contributed by atoms with Crippen molar-refractivity contribution in [3.8, 4) is 0 Å². The highest BCUT2D eigenvalue weighted by Gasteiger charge is 2.48. The van der Waals surface area contributed by atoms with Gasteiger partial charge in [0.15, 0.2) is 0 Å². The Morgan fingerprint density at radius 1 is 0.950 bits per heavy atom. The molecule has 2 aliphatic heterocycles. The van der Waals surface area contributed by atoms with Gasteiger partial charge >= 0.3 is 7.05 Å². The molecule has 100 valence electrons. The predicted octanol–water partition coefficient (Wildman–Crippen LogP) is 2.62. The minimum absolute atomic E-state index is 0.119. The lowest BCUT2D eigenvalue weighted by Gasteiger charge is -2.19. The second kappa shape index (κ2) is 5.08. The van der Waals surface area contributed by atoms with Crippen LogP contribution in [-0.2, 0) is 4.65 Å². The molecule has 2 nitrogen and oxygen atoms in total. The summed E-state index contributed by atoms with van der Waals surface area (Å²) < 4.78 is 6.43. The smallest absolute Gasteiger partial charge is 0.409 e. The Hall–Kier alpha value is -1.58. The van der Waals surface area contributed by atoms with E-state index in [2.05, 4.69) is 65.5 Å². The van der Waals surface area contributed by atoms with Crippen LogP contribution in [-0.4, -0.2) is 24.4 Å². The minimum Gasteiger partial charge on any atom is -0.409 e. The molecule has 0 amide bonds. The van der Waals surface area contributed by atoms with E-state index < -0.39 is 0 Å². The number of nitrogens with zero attached hydrogens (tertiary/aromatic N) is 1. The van der Waals surface area contributed by atoms with Gasteiger partial charge in [0, 0.05) is 6.04 Å². The SMILES string of the molecule is c1ccc(B2OC(c3ccccc3)[C@H]3CCCN23)cc1. The Morgan fingerprint density at radius 3 is 2.40 bits per heavy atom. The lowest BCUT2D eigenvalue weighted by atomic mass is 9.72. The highest BCUT2D eigenvalue weighted by atomic mass is 16.5. The lowest BCUT2D eigenvalue weighted by molar-refractivity contribution is 0.207. The average Bonchev–Trinajstić information content (AvgIpc) is 3.11. The predicted molar refractivity (Wildman–Crippen MR) is 81.8 cm³/mol. The van der Waals surface area contributed by atoms with E-state index in [1.54, 1.807) is 0 Å². The van der Waals surface area contributed by atoms with Crippen LogP contribution in [0, 0.1) is 0 Å². The Balaban J connectivity index is 1.68. The highest BCUT2D eigenvalue weighted by Crippen LogP contribution is 2.39. The van der Waals surface area contributed by atoms with Crippen LogP contribution in [0.1, 0.15) is 24.5 Å². The largest absolute Gasteiger partial charge is 0.419 e. The zero-order chi connectivity index (χ0) is 13.4. The van der Waals surface area contributed by atoms with Gasteiger partial charge in [0.05, 0.1) is 6.10 Å². The molecule has 2 atom stereocenters. The monoisotopic (exact) mass is 263 g/mol. The van der Waals surface area contributed by atoms with Gasteiger partial charge in [-0.05, 0) is 30.4 Å². The summed E-state index contributed by atoms with van der Waals surface area (Å²) in [5, 5.41) is 0. The molecule has 0 radical (unpaired) electrons. The molecule has 0 N–H and O–H groups in total. The van der Waals surface area contributed by atoms with E-state index in [1.807, 2.05) is 0 Å². The van der Waals surface area contributed by atoms with Gasteiger partial charge < -0.3 is 9.47 Å². The zero-order valence-electron chi connectivity index (χ0n) is 11.5. The maximum absolute atomic E-state index is 6.43. The first kappa shape index (κ1) is 12.2. The molecule has 4 rings (SSSR count). The van der Waals surface area contributed by atoms with E-state index in [4.69, 9.17) is 4.65 Å². The number of fused-ring (bicyclic) bond motifs is 1. The van der Waals surface area contributed by atoms with Crippen LogP contribution in [0.2, 0.25) is 0 Å². The van der Waals surface area contributed by atoms with E-state index in [-0.39, 0.29) is 13.2 Å². The molecule has 3 heteroatoms. The van der Waals surface area contributed by atoms with Crippen LogP contribution in [0.15, 0.2) is 60.7 Å². The Morgan fingerprint density at radius 2 is 1.65 bits per heavy atom. The van der Waals surface area contributed by atoms with E-state index in [9.17, 15) is 0 Å². The lowest BCUT2D eigenvalue weighted by Crippen LogP contribution is -2.45. The van der Waals surface area contributed by atoms with Crippen molar-refractivity contribution in [2.45, 2.75) is 25.0 Å². The van der Waals surface area contributed by atoms with Crippen molar-refractivity contribution in [3.63, 3.8) is 0 Å². The quantitative estimate of drug-likeness (QED) is 0.772. The summed E-state index contributed by atoms with van der Waals surface area (Å²) in [6.45, 7) is 1.15. The summed E-state index contributed by atoms with van der Waals surface area (Å²) in [5.41, 5.74) is 2.58. The molecule has 0 aliphatic carbocycles. The molecule has 2 fully saturated rings. The van der Waals surface area contributed by atoms with Crippen molar-refractivity contribution in [1.29, 1.82) is 0 Å². The normalized spacial score (nSPS) is 25.9. The van der Waals surface area contributed by atoms with Gasteiger partial charge in [0.1, 0.15) is 0 Å². The summed E-state index contributed by atoms with van der Waals surface area (Å²) in [4.78, 5) is 2.53. The van der Waals surface area contributed by atoms with Crippen molar-refractivity contribution in [3.05, 3.63) is 66.2 Å². The first-order valence-electron chi connectivity index (χ1n) is 7.44. The van der Waals surface area contributed by atoms with Crippen LogP contribution in [0.5, 0.6) is 0 Å². The molecule has 2 aromatic rings. The van der Waals surface area contributed by atoms with Gasteiger partial charge in [0.25, 0.3) is 0 Å². The molecule has 0 saturated carbocycles. The van der Waals surface area contributed by atoms with Gasteiger partial charge in [-0.1, -0.05) is 60.7 Å². The third-order valence-corrected chi connectivity index (χ3v) is 4.48. The van der Waals surface area contributed by atoms with Crippen LogP contribution in [0.25, 0.3) is 0 Å². The second-order valence-corrected chi connectivity index (χ2v) is 5.68. The van der Waals surface area contributed by atoms with Crippen molar-refractivity contribution in [2.75, 3.05) is 6.54 Å². The van der Waals surface area contributed by atoms with Gasteiger partial charge in [-0.2, -0.15) is 0 Å².